The predicted octanol–water partition coefficient (Wildman–Crippen LogP) is 17.9. The molecule has 0 saturated carbocycles. The van der Waals surface area contributed by atoms with E-state index in [0.717, 1.165) is 95.0 Å². The molecule has 1 heterocycles. The standard InChI is InChI=1S/C65H71N3/c1-62(2,3)48-33-25-42(26-34-48)52-19-15-20-53(43-27-35-49(36-28-43)63(4,5)6)60(52)66-56-23-13-17-46-41-47-18-14-24-57(59(47)68-58(46)56)67-61-54(44-29-37-50(38-30-44)64(7,8)9)21-16-22-55(61)45-31-39-51(40-32-45)65(10,11)12/h15-16,19-22,25-41H,13-14,17-18,23-24H2,1-12H3/b66-56-,67-57+. The van der Waals surface area contributed by atoms with Gasteiger partial charge in [0, 0.05) is 22.3 Å². The monoisotopic (exact) mass is 894 g/mol. The molecular formula is C65H71N3. The van der Waals surface area contributed by atoms with Gasteiger partial charge in [0.2, 0.25) is 0 Å². The van der Waals surface area contributed by atoms with E-state index in [1.165, 1.54) is 55.6 Å². The molecule has 0 amide bonds. The van der Waals surface area contributed by atoms with Crippen LogP contribution in [0.5, 0.6) is 0 Å². The number of hydrogen-bond acceptors (Lipinski definition) is 3. The molecule has 0 radical (unpaired) electrons. The molecule has 0 spiro atoms. The molecule has 0 N–H and O–H groups in total. The smallest absolute Gasteiger partial charge is 0.0884 e. The second kappa shape index (κ2) is 18.0. The van der Waals surface area contributed by atoms with Crippen molar-refractivity contribution in [3.63, 3.8) is 0 Å². The third-order valence-electron chi connectivity index (χ3n) is 14.3. The van der Waals surface area contributed by atoms with Crippen LogP contribution in [0.2, 0.25) is 0 Å². The molecule has 0 bridgehead atoms. The normalized spacial score (nSPS) is 15.6. The third kappa shape index (κ3) is 9.73. The van der Waals surface area contributed by atoms with Crippen LogP contribution < -0.4 is 0 Å². The van der Waals surface area contributed by atoms with Crippen LogP contribution in [0, 0.1) is 0 Å². The third-order valence-corrected chi connectivity index (χ3v) is 14.3. The average Bonchev–Trinajstić information content (AvgIpc) is 3.30. The first-order valence-electron chi connectivity index (χ1n) is 25.1. The lowest BCUT2D eigenvalue weighted by Gasteiger charge is -2.25. The summed E-state index contributed by atoms with van der Waals surface area (Å²) < 4.78 is 0. The van der Waals surface area contributed by atoms with Gasteiger partial charge < -0.3 is 0 Å². The Hall–Kier alpha value is -6.19. The van der Waals surface area contributed by atoms with Crippen molar-refractivity contribution >= 4 is 22.8 Å². The molecule has 0 fully saturated rings. The molecule has 346 valence electrons. The second-order valence-corrected chi connectivity index (χ2v) is 23.5. The minimum atomic E-state index is 0.0655. The van der Waals surface area contributed by atoms with Crippen molar-refractivity contribution in [1.29, 1.82) is 0 Å². The molecule has 68 heavy (non-hydrogen) atoms. The number of hydrogen-bond donors (Lipinski definition) is 0. The van der Waals surface area contributed by atoms with E-state index < -0.39 is 0 Å². The van der Waals surface area contributed by atoms with Gasteiger partial charge in [0.1, 0.15) is 0 Å². The first-order chi connectivity index (χ1) is 32.2. The molecule has 1 aromatic heterocycles. The summed E-state index contributed by atoms with van der Waals surface area (Å²) in [5.74, 6) is 0. The molecule has 6 aromatic carbocycles. The Balaban J connectivity index is 1.20. The number of nitrogens with zero attached hydrogens (tertiary/aromatic N) is 3. The molecule has 0 atom stereocenters. The Morgan fingerprint density at radius 1 is 0.338 bits per heavy atom. The molecule has 3 nitrogen and oxygen atoms in total. The lowest BCUT2D eigenvalue weighted by molar-refractivity contribution is 0.590. The second-order valence-electron chi connectivity index (χ2n) is 23.5. The molecule has 2 aliphatic rings. The topological polar surface area (TPSA) is 37.6 Å². The maximum absolute atomic E-state index is 5.78. The summed E-state index contributed by atoms with van der Waals surface area (Å²) in [6.07, 6.45) is 5.83. The fourth-order valence-corrected chi connectivity index (χ4v) is 9.96. The Kier molecular flexibility index (Phi) is 12.4. The van der Waals surface area contributed by atoms with Gasteiger partial charge in [-0.1, -0.05) is 223 Å². The highest BCUT2D eigenvalue weighted by Gasteiger charge is 2.27. The van der Waals surface area contributed by atoms with Crippen LogP contribution in [0.15, 0.2) is 150 Å². The number of fused-ring (bicyclic) bond motifs is 2. The Bertz CT molecular complexity index is 2670. The maximum Gasteiger partial charge on any atom is 0.0884 e. The summed E-state index contributed by atoms with van der Waals surface area (Å²) in [5, 5.41) is 0. The number of aliphatic imine (C=N–C) groups is 2. The highest BCUT2D eigenvalue weighted by molar-refractivity contribution is 6.09. The number of para-hydroxylation sites is 2. The van der Waals surface area contributed by atoms with Gasteiger partial charge in [-0.3, -0.25) is 0 Å². The lowest BCUT2D eigenvalue weighted by atomic mass is 9.85. The SMILES string of the molecule is CC(C)(C)c1ccc(-c2cccc(-c3ccc(C(C)(C)C)cc3)c2/N=C2/CCCc3cc4c(nc32)/C(=N/c2c(-c3ccc(C(C)(C)C)cc3)cccc2-c2ccc(C(C)(C)C)cc2)CCC4)cc1. The number of rotatable bonds is 6. The summed E-state index contributed by atoms with van der Waals surface area (Å²) in [6, 6.07) is 52.3. The van der Waals surface area contributed by atoms with E-state index in [4.69, 9.17) is 15.0 Å². The number of pyridine rings is 1. The van der Waals surface area contributed by atoms with Crippen molar-refractivity contribution in [3.8, 4) is 44.5 Å². The van der Waals surface area contributed by atoms with Crippen LogP contribution in [-0.2, 0) is 34.5 Å². The Morgan fingerprint density at radius 3 is 0.853 bits per heavy atom. The summed E-state index contributed by atoms with van der Waals surface area (Å²) in [7, 11) is 0. The minimum Gasteiger partial charge on any atom is -0.250 e. The fourth-order valence-electron chi connectivity index (χ4n) is 9.96. The average molecular weight is 894 g/mol. The van der Waals surface area contributed by atoms with Crippen molar-refractivity contribution < 1.29 is 0 Å². The minimum absolute atomic E-state index is 0.0655. The zero-order valence-electron chi connectivity index (χ0n) is 42.9. The van der Waals surface area contributed by atoms with E-state index in [0.29, 0.717) is 0 Å². The summed E-state index contributed by atoms with van der Waals surface area (Å²) in [6.45, 7) is 27.3. The Labute approximate surface area is 408 Å². The molecule has 0 unspecified atom stereocenters. The van der Waals surface area contributed by atoms with Crippen LogP contribution in [0.1, 0.15) is 154 Å². The molecule has 0 saturated heterocycles. The number of benzene rings is 6. The molecular weight excluding hydrogens is 823 g/mol. The van der Waals surface area contributed by atoms with Crippen LogP contribution in [0.4, 0.5) is 11.4 Å². The van der Waals surface area contributed by atoms with Crippen molar-refractivity contribution in [2.75, 3.05) is 0 Å². The van der Waals surface area contributed by atoms with E-state index in [9.17, 15) is 0 Å². The highest BCUT2D eigenvalue weighted by atomic mass is 14.9. The van der Waals surface area contributed by atoms with Gasteiger partial charge in [-0.15, -0.1) is 0 Å². The molecule has 3 heteroatoms. The van der Waals surface area contributed by atoms with Crippen LogP contribution in [0.25, 0.3) is 44.5 Å². The first-order valence-corrected chi connectivity index (χ1v) is 25.1. The van der Waals surface area contributed by atoms with Crippen molar-refractivity contribution in [1.82, 2.24) is 4.98 Å². The van der Waals surface area contributed by atoms with Gasteiger partial charge in [0.05, 0.1) is 34.2 Å². The van der Waals surface area contributed by atoms with E-state index in [2.05, 4.69) is 223 Å². The van der Waals surface area contributed by atoms with E-state index in [1.54, 1.807) is 0 Å². The van der Waals surface area contributed by atoms with Gasteiger partial charge >= 0.3 is 0 Å². The van der Waals surface area contributed by atoms with Crippen molar-refractivity contribution in [2.45, 2.75) is 143 Å². The zero-order chi connectivity index (χ0) is 48.2. The van der Waals surface area contributed by atoms with Crippen LogP contribution >= 0.6 is 0 Å². The van der Waals surface area contributed by atoms with Gasteiger partial charge in [-0.2, -0.15) is 0 Å². The predicted molar refractivity (Wildman–Crippen MR) is 292 cm³/mol. The first kappa shape index (κ1) is 46.9. The molecule has 9 rings (SSSR count). The van der Waals surface area contributed by atoms with Crippen LogP contribution in [-0.4, -0.2) is 16.4 Å². The van der Waals surface area contributed by atoms with Gasteiger partial charge in [0.15, 0.2) is 0 Å². The summed E-state index contributed by atoms with van der Waals surface area (Å²) >= 11 is 0. The molecule has 0 aliphatic heterocycles. The van der Waals surface area contributed by atoms with E-state index in [1.807, 2.05) is 0 Å². The summed E-state index contributed by atoms with van der Waals surface area (Å²) in [4.78, 5) is 17.3. The number of aromatic nitrogens is 1. The van der Waals surface area contributed by atoms with Gasteiger partial charge in [0.25, 0.3) is 0 Å². The van der Waals surface area contributed by atoms with E-state index in [-0.39, 0.29) is 21.7 Å². The number of aryl methyl sites for hydroxylation is 2. The lowest BCUT2D eigenvalue weighted by Crippen LogP contribution is -2.21. The highest BCUT2D eigenvalue weighted by Crippen LogP contribution is 2.44. The van der Waals surface area contributed by atoms with Crippen molar-refractivity contribution in [3.05, 3.63) is 184 Å². The van der Waals surface area contributed by atoms with Gasteiger partial charge in [-0.25, -0.2) is 15.0 Å². The van der Waals surface area contributed by atoms with Crippen molar-refractivity contribution in [2.24, 2.45) is 9.98 Å². The Morgan fingerprint density at radius 2 is 0.603 bits per heavy atom. The maximum atomic E-state index is 5.78. The largest absolute Gasteiger partial charge is 0.250 e. The fraction of sp³-hybridized carbons (Fsp3) is 0.338. The van der Waals surface area contributed by atoms with E-state index >= 15 is 0 Å². The van der Waals surface area contributed by atoms with Gasteiger partial charge in [-0.05, 0) is 116 Å². The zero-order valence-corrected chi connectivity index (χ0v) is 42.9. The molecule has 7 aromatic rings. The quantitative estimate of drug-likeness (QED) is 0.164. The summed E-state index contributed by atoms with van der Waals surface area (Å²) in [5.41, 5.74) is 23.6. The van der Waals surface area contributed by atoms with Crippen LogP contribution in [0.3, 0.4) is 0 Å². The molecule has 2 aliphatic carbocycles.